The highest BCUT2D eigenvalue weighted by Gasteiger charge is 2.14. The maximum absolute atomic E-state index is 13.1. The highest BCUT2D eigenvalue weighted by molar-refractivity contribution is 9.10. The maximum Gasteiger partial charge on any atom is 0.322 e. The monoisotopic (exact) mass is 275 g/mol. The summed E-state index contributed by atoms with van der Waals surface area (Å²) in [5.74, 6) is -0.872. The van der Waals surface area contributed by atoms with E-state index in [4.69, 9.17) is 5.73 Å². The lowest BCUT2D eigenvalue weighted by atomic mass is 10.1. The van der Waals surface area contributed by atoms with Gasteiger partial charge in [-0.1, -0.05) is 6.07 Å². The molecule has 1 rings (SSSR count). The third-order valence-corrected chi connectivity index (χ3v) is 2.59. The van der Waals surface area contributed by atoms with Gasteiger partial charge in [0.25, 0.3) is 0 Å². The summed E-state index contributed by atoms with van der Waals surface area (Å²) >= 11 is 3.04. The number of hydrogen-bond acceptors (Lipinski definition) is 3. The number of hydrogen-bond donors (Lipinski definition) is 1. The third-order valence-electron chi connectivity index (χ3n) is 1.94. The van der Waals surface area contributed by atoms with E-state index in [-0.39, 0.29) is 12.2 Å². The molecule has 3 nitrogen and oxygen atoms in total. The second-order valence-electron chi connectivity index (χ2n) is 3.08. The molecule has 1 atom stereocenters. The zero-order chi connectivity index (χ0) is 11.4. The van der Waals surface area contributed by atoms with E-state index in [9.17, 15) is 9.18 Å². The second kappa shape index (κ2) is 5.23. The molecule has 1 unspecified atom stereocenters. The molecule has 1 aromatic rings. The number of halogens is 2. The summed E-state index contributed by atoms with van der Waals surface area (Å²) < 4.78 is 18.0. The number of methoxy groups -OCH3 is 1. The van der Waals surface area contributed by atoms with E-state index in [2.05, 4.69) is 20.7 Å². The predicted octanol–water partition coefficient (Wildman–Crippen LogP) is 1.63. The first-order valence-electron chi connectivity index (χ1n) is 4.32. The quantitative estimate of drug-likeness (QED) is 0.854. The molecule has 0 aromatic heterocycles. The average Bonchev–Trinajstić information content (AvgIpc) is 2.22. The molecule has 82 valence electrons. The summed E-state index contributed by atoms with van der Waals surface area (Å²) in [6.45, 7) is 0. The van der Waals surface area contributed by atoms with Crippen molar-refractivity contribution in [2.75, 3.05) is 7.11 Å². The minimum Gasteiger partial charge on any atom is -0.468 e. The zero-order valence-corrected chi connectivity index (χ0v) is 9.75. The van der Waals surface area contributed by atoms with Gasteiger partial charge in [0, 0.05) is 0 Å². The van der Waals surface area contributed by atoms with Crippen LogP contribution in [0.15, 0.2) is 22.7 Å². The summed E-state index contributed by atoms with van der Waals surface area (Å²) in [6.07, 6.45) is 0.261. The number of rotatable bonds is 3. The Morgan fingerprint density at radius 3 is 2.87 bits per heavy atom. The van der Waals surface area contributed by atoms with Crippen LogP contribution in [-0.2, 0) is 16.0 Å². The molecular formula is C10H11BrFNO2. The smallest absolute Gasteiger partial charge is 0.322 e. The molecule has 1 aromatic carbocycles. The largest absolute Gasteiger partial charge is 0.468 e. The summed E-state index contributed by atoms with van der Waals surface area (Å²) in [6, 6.07) is 3.87. The Morgan fingerprint density at radius 1 is 1.67 bits per heavy atom. The van der Waals surface area contributed by atoms with Crippen molar-refractivity contribution in [2.45, 2.75) is 12.5 Å². The molecule has 0 aliphatic carbocycles. The molecular weight excluding hydrogens is 265 g/mol. The number of benzene rings is 1. The molecule has 0 spiro atoms. The molecule has 0 aliphatic heterocycles. The fourth-order valence-corrected chi connectivity index (χ4v) is 1.40. The Labute approximate surface area is 95.5 Å². The van der Waals surface area contributed by atoms with E-state index in [1.165, 1.54) is 13.2 Å². The molecule has 2 N–H and O–H groups in total. The van der Waals surface area contributed by atoms with E-state index < -0.39 is 12.0 Å². The number of ether oxygens (including phenoxy) is 1. The van der Waals surface area contributed by atoms with Crippen LogP contribution in [0.1, 0.15) is 5.56 Å². The molecule has 15 heavy (non-hydrogen) atoms. The predicted molar refractivity (Wildman–Crippen MR) is 57.8 cm³/mol. The van der Waals surface area contributed by atoms with Gasteiger partial charge in [-0.2, -0.15) is 0 Å². The Hall–Kier alpha value is -0.940. The van der Waals surface area contributed by atoms with Crippen molar-refractivity contribution in [1.29, 1.82) is 0 Å². The maximum atomic E-state index is 13.1. The first-order chi connectivity index (χ1) is 7.04. The van der Waals surface area contributed by atoms with Crippen LogP contribution in [0.4, 0.5) is 4.39 Å². The Morgan fingerprint density at radius 2 is 2.33 bits per heavy atom. The van der Waals surface area contributed by atoms with Crippen molar-refractivity contribution in [3.05, 3.63) is 34.1 Å². The van der Waals surface area contributed by atoms with Crippen LogP contribution in [0, 0.1) is 5.82 Å². The molecule has 0 saturated carbocycles. The van der Waals surface area contributed by atoms with E-state index in [0.717, 1.165) is 0 Å². The van der Waals surface area contributed by atoms with Gasteiger partial charge >= 0.3 is 5.97 Å². The lowest BCUT2D eigenvalue weighted by molar-refractivity contribution is -0.142. The zero-order valence-electron chi connectivity index (χ0n) is 8.17. The van der Waals surface area contributed by atoms with Crippen LogP contribution in [0.5, 0.6) is 0 Å². The van der Waals surface area contributed by atoms with Crippen LogP contribution in [0.25, 0.3) is 0 Å². The minimum absolute atomic E-state index is 0.261. The van der Waals surface area contributed by atoms with Crippen molar-refractivity contribution in [3.8, 4) is 0 Å². The van der Waals surface area contributed by atoms with Gasteiger partial charge in [-0.25, -0.2) is 4.39 Å². The second-order valence-corrected chi connectivity index (χ2v) is 3.94. The highest BCUT2D eigenvalue weighted by atomic mass is 79.9. The molecule has 0 heterocycles. The molecule has 0 aliphatic rings. The van der Waals surface area contributed by atoms with Crippen LogP contribution < -0.4 is 5.73 Å². The van der Waals surface area contributed by atoms with Gasteiger partial charge < -0.3 is 10.5 Å². The van der Waals surface area contributed by atoms with Crippen LogP contribution >= 0.6 is 15.9 Å². The van der Waals surface area contributed by atoms with Gasteiger partial charge in [0.05, 0.1) is 11.6 Å². The van der Waals surface area contributed by atoms with Crippen LogP contribution in [0.3, 0.4) is 0 Å². The minimum atomic E-state index is -0.754. The van der Waals surface area contributed by atoms with Crippen molar-refractivity contribution < 1.29 is 13.9 Å². The highest BCUT2D eigenvalue weighted by Crippen LogP contribution is 2.17. The standard InChI is InChI=1S/C10H11BrFNO2/c1-15-10(14)9(13)5-6-2-3-7(11)8(12)4-6/h2-4,9H,5,13H2,1H3. The lowest BCUT2D eigenvalue weighted by Crippen LogP contribution is -2.33. The Balaban J connectivity index is 2.73. The number of carbonyl (C=O) groups excluding carboxylic acids is 1. The Bertz CT molecular complexity index is 370. The molecule has 0 saturated heterocycles. The van der Waals surface area contributed by atoms with Gasteiger partial charge in [-0.3, -0.25) is 4.79 Å². The first kappa shape index (κ1) is 12.1. The molecule has 0 fully saturated rings. The fourth-order valence-electron chi connectivity index (χ4n) is 1.16. The van der Waals surface area contributed by atoms with Gasteiger partial charge in [-0.15, -0.1) is 0 Å². The fraction of sp³-hybridized carbons (Fsp3) is 0.300. The van der Waals surface area contributed by atoms with Gasteiger partial charge in [-0.05, 0) is 40.0 Å². The number of nitrogens with two attached hydrogens (primary N) is 1. The van der Waals surface area contributed by atoms with Crippen molar-refractivity contribution >= 4 is 21.9 Å². The van der Waals surface area contributed by atoms with Gasteiger partial charge in [0.15, 0.2) is 0 Å². The molecule has 5 heteroatoms. The molecule has 0 radical (unpaired) electrons. The van der Waals surface area contributed by atoms with Crippen LogP contribution in [0.2, 0.25) is 0 Å². The first-order valence-corrected chi connectivity index (χ1v) is 5.11. The average molecular weight is 276 g/mol. The van der Waals surface area contributed by atoms with E-state index in [1.54, 1.807) is 12.1 Å². The van der Waals surface area contributed by atoms with Crippen molar-refractivity contribution in [2.24, 2.45) is 5.73 Å². The number of esters is 1. The van der Waals surface area contributed by atoms with Gasteiger partial charge in [0.2, 0.25) is 0 Å². The third kappa shape index (κ3) is 3.28. The van der Waals surface area contributed by atoms with E-state index in [0.29, 0.717) is 10.0 Å². The summed E-state index contributed by atoms with van der Waals surface area (Å²) in [5, 5.41) is 0. The topological polar surface area (TPSA) is 52.3 Å². The Kier molecular flexibility index (Phi) is 4.23. The summed E-state index contributed by atoms with van der Waals surface area (Å²) in [5.41, 5.74) is 6.20. The van der Waals surface area contributed by atoms with E-state index in [1.807, 2.05) is 0 Å². The summed E-state index contributed by atoms with van der Waals surface area (Å²) in [4.78, 5) is 11.0. The normalized spacial score (nSPS) is 12.3. The summed E-state index contributed by atoms with van der Waals surface area (Å²) in [7, 11) is 1.27. The van der Waals surface area contributed by atoms with E-state index >= 15 is 0 Å². The SMILES string of the molecule is COC(=O)C(N)Cc1ccc(Br)c(F)c1. The lowest BCUT2D eigenvalue weighted by Gasteiger charge is -2.09. The molecule has 0 bridgehead atoms. The number of carbonyl (C=O) groups is 1. The van der Waals surface area contributed by atoms with Crippen molar-refractivity contribution in [3.63, 3.8) is 0 Å². The molecule has 0 amide bonds. The van der Waals surface area contributed by atoms with Gasteiger partial charge in [0.1, 0.15) is 11.9 Å². The van der Waals surface area contributed by atoms with Crippen molar-refractivity contribution in [1.82, 2.24) is 0 Å². The van der Waals surface area contributed by atoms with Crippen LogP contribution in [-0.4, -0.2) is 19.1 Å².